The molecule has 2 heterocycles. The Morgan fingerprint density at radius 1 is 1.42 bits per heavy atom. The van der Waals surface area contributed by atoms with Crippen LogP contribution in [0.5, 0.6) is 0 Å². The summed E-state index contributed by atoms with van der Waals surface area (Å²) < 4.78 is 0.994. The minimum absolute atomic E-state index is 0. The maximum Gasteiger partial charge on any atom is 0.261 e. The van der Waals surface area contributed by atoms with Crippen LogP contribution in [0.25, 0.3) is 0 Å². The third-order valence-electron chi connectivity index (χ3n) is 2.94. The fourth-order valence-electron chi connectivity index (χ4n) is 1.96. The number of halogens is 2. The van der Waals surface area contributed by atoms with E-state index in [-0.39, 0.29) is 18.3 Å². The molecule has 1 aromatic heterocycles. The molecule has 0 unspecified atom stereocenters. The van der Waals surface area contributed by atoms with Crippen molar-refractivity contribution in [3.63, 3.8) is 0 Å². The first-order chi connectivity index (χ1) is 8.75. The summed E-state index contributed by atoms with van der Waals surface area (Å²) in [4.78, 5) is 15.0. The standard InChI is InChI=1S/C12H18BrN3OS.ClH/c13-11-3-2-10(18-11)12(17)15-4-1-7-16-8-5-14-6-9-16;/h2-3,14H,1,4-9H2,(H,15,17);1H. The van der Waals surface area contributed by atoms with Crippen LogP contribution in [0, 0.1) is 0 Å². The van der Waals surface area contributed by atoms with Crippen LogP contribution in [0.4, 0.5) is 0 Å². The monoisotopic (exact) mass is 367 g/mol. The highest BCUT2D eigenvalue weighted by atomic mass is 79.9. The SMILES string of the molecule is Cl.O=C(NCCCN1CCNCC1)c1ccc(Br)s1. The molecule has 0 saturated carbocycles. The van der Waals surface area contributed by atoms with Crippen LogP contribution in [0.15, 0.2) is 15.9 Å². The Kier molecular flexibility index (Phi) is 7.94. The molecule has 0 bridgehead atoms. The molecule has 1 fully saturated rings. The molecule has 0 aromatic carbocycles. The van der Waals surface area contributed by atoms with E-state index in [9.17, 15) is 4.79 Å². The molecule has 108 valence electrons. The number of nitrogens with zero attached hydrogens (tertiary/aromatic N) is 1. The van der Waals surface area contributed by atoms with Gasteiger partial charge in [-0.3, -0.25) is 4.79 Å². The highest BCUT2D eigenvalue weighted by Gasteiger charge is 2.10. The van der Waals surface area contributed by atoms with Gasteiger partial charge in [0.05, 0.1) is 8.66 Å². The minimum Gasteiger partial charge on any atom is -0.351 e. The maximum absolute atomic E-state index is 11.8. The van der Waals surface area contributed by atoms with Crippen LogP contribution >= 0.6 is 39.7 Å². The minimum atomic E-state index is 0. The van der Waals surface area contributed by atoms with Gasteiger partial charge in [0.25, 0.3) is 5.91 Å². The molecule has 0 spiro atoms. The van der Waals surface area contributed by atoms with E-state index in [4.69, 9.17) is 0 Å². The average Bonchev–Trinajstić information content (AvgIpc) is 2.82. The van der Waals surface area contributed by atoms with E-state index in [1.165, 1.54) is 11.3 Å². The number of hydrogen-bond donors (Lipinski definition) is 2. The number of hydrogen-bond acceptors (Lipinski definition) is 4. The van der Waals surface area contributed by atoms with Gasteiger partial charge < -0.3 is 15.5 Å². The van der Waals surface area contributed by atoms with Gasteiger partial charge in [-0.05, 0) is 41.0 Å². The third kappa shape index (κ3) is 5.79. The van der Waals surface area contributed by atoms with Gasteiger partial charge in [-0.15, -0.1) is 23.7 Å². The number of amides is 1. The van der Waals surface area contributed by atoms with E-state index in [1.54, 1.807) is 0 Å². The van der Waals surface area contributed by atoms with Gasteiger partial charge in [-0.2, -0.15) is 0 Å². The van der Waals surface area contributed by atoms with E-state index in [2.05, 4.69) is 31.5 Å². The van der Waals surface area contributed by atoms with Gasteiger partial charge >= 0.3 is 0 Å². The quantitative estimate of drug-likeness (QED) is 0.781. The maximum atomic E-state index is 11.8. The summed E-state index contributed by atoms with van der Waals surface area (Å²) in [6, 6.07) is 3.75. The number of carbonyl (C=O) groups excluding carboxylic acids is 1. The van der Waals surface area contributed by atoms with Crippen LogP contribution in [0.3, 0.4) is 0 Å². The van der Waals surface area contributed by atoms with Crippen molar-refractivity contribution < 1.29 is 4.79 Å². The van der Waals surface area contributed by atoms with Crippen molar-refractivity contribution in [2.24, 2.45) is 0 Å². The smallest absolute Gasteiger partial charge is 0.261 e. The summed E-state index contributed by atoms with van der Waals surface area (Å²) in [5.41, 5.74) is 0. The molecule has 1 amide bonds. The summed E-state index contributed by atoms with van der Waals surface area (Å²) in [5.74, 6) is 0.0333. The molecule has 7 heteroatoms. The lowest BCUT2D eigenvalue weighted by atomic mass is 10.3. The van der Waals surface area contributed by atoms with Gasteiger partial charge in [0.2, 0.25) is 0 Å². The van der Waals surface area contributed by atoms with Crippen molar-refractivity contribution in [1.29, 1.82) is 0 Å². The zero-order chi connectivity index (χ0) is 12.8. The summed E-state index contributed by atoms with van der Waals surface area (Å²) in [6.45, 7) is 6.21. The topological polar surface area (TPSA) is 44.4 Å². The molecule has 19 heavy (non-hydrogen) atoms. The van der Waals surface area contributed by atoms with Gasteiger partial charge in [0.1, 0.15) is 0 Å². The molecule has 1 saturated heterocycles. The fraction of sp³-hybridized carbons (Fsp3) is 0.583. The van der Waals surface area contributed by atoms with Gasteiger partial charge in [0, 0.05) is 32.7 Å². The van der Waals surface area contributed by atoms with Crippen LogP contribution in [-0.4, -0.2) is 50.1 Å². The molecule has 0 atom stereocenters. The van der Waals surface area contributed by atoms with Crippen LogP contribution < -0.4 is 10.6 Å². The molecule has 2 rings (SSSR count). The molecule has 0 aliphatic carbocycles. The Labute approximate surface area is 132 Å². The van der Waals surface area contributed by atoms with Crippen molar-refractivity contribution in [3.05, 3.63) is 20.8 Å². The molecular weight excluding hydrogens is 350 g/mol. The average molecular weight is 369 g/mol. The highest BCUT2D eigenvalue weighted by molar-refractivity contribution is 9.11. The Morgan fingerprint density at radius 2 is 2.16 bits per heavy atom. The summed E-state index contributed by atoms with van der Waals surface area (Å²) >= 11 is 4.83. The Bertz CT molecular complexity index is 396. The Hall–Kier alpha value is -0.140. The predicted octanol–water partition coefficient (Wildman–Crippen LogP) is 1.96. The fourth-order valence-corrected chi connectivity index (χ4v) is 3.27. The molecule has 4 nitrogen and oxygen atoms in total. The van der Waals surface area contributed by atoms with Crippen LogP contribution in [0.2, 0.25) is 0 Å². The number of carbonyl (C=O) groups is 1. The van der Waals surface area contributed by atoms with E-state index < -0.39 is 0 Å². The third-order valence-corrected chi connectivity index (χ3v) is 4.57. The van der Waals surface area contributed by atoms with Gasteiger partial charge in [-0.25, -0.2) is 0 Å². The van der Waals surface area contributed by atoms with Crippen molar-refractivity contribution in [2.45, 2.75) is 6.42 Å². The van der Waals surface area contributed by atoms with Gasteiger partial charge in [0.15, 0.2) is 0 Å². The zero-order valence-corrected chi connectivity index (χ0v) is 13.9. The van der Waals surface area contributed by atoms with Crippen LogP contribution in [0.1, 0.15) is 16.1 Å². The molecular formula is C12H19BrClN3OS. The molecule has 1 aromatic rings. The second kappa shape index (κ2) is 8.92. The largest absolute Gasteiger partial charge is 0.351 e. The first-order valence-corrected chi connectivity index (χ1v) is 7.83. The van der Waals surface area contributed by atoms with E-state index in [1.807, 2.05) is 12.1 Å². The van der Waals surface area contributed by atoms with Gasteiger partial charge in [-0.1, -0.05) is 0 Å². The van der Waals surface area contributed by atoms with E-state index in [0.29, 0.717) is 0 Å². The number of nitrogens with one attached hydrogen (secondary N) is 2. The summed E-state index contributed by atoms with van der Waals surface area (Å²) in [5, 5.41) is 6.29. The summed E-state index contributed by atoms with van der Waals surface area (Å²) in [7, 11) is 0. The van der Waals surface area contributed by atoms with Crippen molar-refractivity contribution in [2.75, 3.05) is 39.3 Å². The lowest BCUT2D eigenvalue weighted by Crippen LogP contribution is -2.44. The normalized spacial score (nSPS) is 15.8. The second-order valence-corrected chi connectivity index (χ2v) is 6.77. The number of rotatable bonds is 5. The molecule has 0 radical (unpaired) electrons. The zero-order valence-electron chi connectivity index (χ0n) is 10.7. The molecule has 1 aliphatic rings. The number of piperazine rings is 1. The Balaban J connectivity index is 0.00000180. The second-order valence-electron chi connectivity index (χ2n) is 4.30. The van der Waals surface area contributed by atoms with Crippen molar-refractivity contribution in [3.8, 4) is 0 Å². The predicted molar refractivity (Wildman–Crippen MR) is 85.5 cm³/mol. The van der Waals surface area contributed by atoms with Crippen molar-refractivity contribution in [1.82, 2.24) is 15.5 Å². The highest BCUT2D eigenvalue weighted by Crippen LogP contribution is 2.21. The molecule has 1 aliphatic heterocycles. The van der Waals surface area contributed by atoms with E-state index in [0.717, 1.165) is 54.4 Å². The number of thiophene rings is 1. The first kappa shape index (κ1) is 16.9. The van der Waals surface area contributed by atoms with E-state index >= 15 is 0 Å². The van der Waals surface area contributed by atoms with Crippen molar-refractivity contribution >= 4 is 45.6 Å². The lowest BCUT2D eigenvalue weighted by Gasteiger charge is -2.27. The Morgan fingerprint density at radius 3 is 2.79 bits per heavy atom. The summed E-state index contributed by atoms with van der Waals surface area (Å²) in [6.07, 6.45) is 1.01. The lowest BCUT2D eigenvalue weighted by molar-refractivity contribution is 0.0955. The first-order valence-electron chi connectivity index (χ1n) is 6.22. The molecule has 2 N–H and O–H groups in total. The van der Waals surface area contributed by atoms with Crippen LogP contribution in [-0.2, 0) is 0 Å².